The van der Waals surface area contributed by atoms with Gasteiger partial charge in [-0.1, -0.05) is 31.6 Å². The van der Waals surface area contributed by atoms with Gasteiger partial charge in [-0.2, -0.15) is 5.10 Å². The molecular weight excluding hydrogens is 333 g/mol. The lowest BCUT2D eigenvalue weighted by atomic mass is 9.86. The van der Waals surface area contributed by atoms with Gasteiger partial charge in [0, 0.05) is 16.7 Å². The maximum atomic E-state index is 14.3. The summed E-state index contributed by atoms with van der Waals surface area (Å²) in [4.78, 5) is 5.31. The molecule has 0 radical (unpaired) electrons. The summed E-state index contributed by atoms with van der Waals surface area (Å²) in [5.41, 5.74) is 2.50. The molecule has 132 valence electrons. The quantitative estimate of drug-likeness (QED) is 0.655. The van der Waals surface area contributed by atoms with E-state index in [0.29, 0.717) is 12.1 Å². The summed E-state index contributed by atoms with van der Waals surface area (Å²) in [6.07, 6.45) is 7.39. The molecule has 25 heavy (non-hydrogen) atoms. The van der Waals surface area contributed by atoms with Gasteiger partial charge in [0.25, 0.3) is 0 Å². The highest BCUT2D eigenvalue weighted by Crippen LogP contribution is 2.27. The Morgan fingerprint density at radius 1 is 1.32 bits per heavy atom. The normalized spacial score (nSPS) is 18.4. The zero-order valence-corrected chi connectivity index (χ0v) is 15.4. The Bertz CT molecular complexity index is 821. The molecule has 0 bridgehead atoms. The average molecular weight is 357 g/mol. The van der Waals surface area contributed by atoms with Crippen LogP contribution in [-0.2, 0) is 0 Å². The van der Waals surface area contributed by atoms with E-state index in [2.05, 4.69) is 18.5 Å². The molecule has 1 aliphatic carbocycles. The molecule has 5 heteroatoms. The molecule has 1 aromatic carbocycles. The largest absolute Gasteiger partial charge is 0.253 e. The second kappa shape index (κ2) is 8.39. The summed E-state index contributed by atoms with van der Waals surface area (Å²) < 4.78 is 16.1. The summed E-state index contributed by atoms with van der Waals surface area (Å²) in [6.45, 7) is 6.50. The van der Waals surface area contributed by atoms with Crippen molar-refractivity contribution in [3.63, 3.8) is 0 Å². The van der Waals surface area contributed by atoms with Crippen LogP contribution < -0.4 is 4.80 Å². The highest BCUT2D eigenvalue weighted by Gasteiger charge is 2.18. The smallest absolute Gasteiger partial charge is 0.206 e. The van der Waals surface area contributed by atoms with E-state index in [1.807, 2.05) is 16.1 Å². The monoisotopic (exact) mass is 357 g/mol. The predicted molar refractivity (Wildman–Crippen MR) is 103 cm³/mol. The fourth-order valence-electron chi connectivity index (χ4n) is 3.16. The first kappa shape index (κ1) is 17.8. The predicted octanol–water partition coefficient (Wildman–Crippen LogP) is 5.25. The Balaban J connectivity index is 2.02. The molecule has 1 aromatic heterocycles. The van der Waals surface area contributed by atoms with Crippen molar-refractivity contribution in [2.75, 3.05) is 6.54 Å². The molecule has 1 heterocycles. The topological polar surface area (TPSA) is 29.6 Å². The highest BCUT2D eigenvalue weighted by molar-refractivity contribution is 7.07. The number of rotatable bonds is 5. The summed E-state index contributed by atoms with van der Waals surface area (Å²) >= 11 is 1.49. The highest BCUT2D eigenvalue weighted by atomic mass is 32.1. The van der Waals surface area contributed by atoms with Crippen molar-refractivity contribution in [1.29, 1.82) is 0 Å². The first-order chi connectivity index (χ1) is 12.2. The number of halogens is 1. The van der Waals surface area contributed by atoms with Crippen LogP contribution in [-0.4, -0.2) is 16.9 Å². The lowest BCUT2D eigenvalue weighted by Crippen LogP contribution is -2.19. The number of hydrogen-bond donors (Lipinski definition) is 0. The van der Waals surface area contributed by atoms with Crippen molar-refractivity contribution < 1.29 is 4.39 Å². The Morgan fingerprint density at radius 2 is 2.08 bits per heavy atom. The maximum Gasteiger partial charge on any atom is 0.206 e. The van der Waals surface area contributed by atoms with E-state index in [1.165, 1.54) is 42.4 Å². The Morgan fingerprint density at radius 3 is 2.76 bits per heavy atom. The van der Waals surface area contributed by atoms with Gasteiger partial charge in [-0.05, 0) is 43.7 Å². The molecule has 0 unspecified atom stereocenters. The third kappa shape index (κ3) is 4.15. The molecule has 1 saturated carbocycles. The zero-order valence-electron chi connectivity index (χ0n) is 14.6. The molecular formula is C20H24FN3S. The molecule has 1 aliphatic rings. The Kier molecular flexibility index (Phi) is 5.97. The second-order valence-corrected chi connectivity index (χ2v) is 7.18. The first-order valence-electron chi connectivity index (χ1n) is 8.86. The van der Waals surface area contributed by atoms with Crippen LogP contribution in [0.1, 0.15) is 39.0 Å². The van der Waals surface area contributed by atoms with Crippen molar-refractivity contribution >= 4 is 17.0 Å². The van der Waals surface area contributed by atoms with E-state index >= 15 is 0 Å². The van der Waals surface area contributed by atoms with Gasteiger partial charge in [-0.15, -0.1) is 17.9 Å². The summed E-state index contributed by atoms with van der Waals surface area (Å²) in [6, 6.07) is 6.83. The molecule has 0 atom stereocenters. The summed E-state index contributed by atoms with van der Waals surface area (Å²) in [5.74, 6) is 0.571. The number of thiazole rings is 1. The third-order valence-electron chi connectivity index (χ3n) is 4.69. The first-order valence-corrected chi connectivity index (χ1v) is 9.74. The fourth-order valence-corrected chi connectivity index (χ4v) is 3.99. The van der Waals surface area contributed by atoms with Crippen LogP contribution in [0.4, 0.5) is 4.39 Å². The van der Waals surface area contributed by atoms with Crippen molar-refractivity contribution in [2.24, 2.45) is 16.0 Å². The molecule has 1 fully saturated rings. The third-order valence-corrected chi connectivity index (χ3v) is 5.55. The lowest BCUT2D eigenvalue weighted by Gasteiger charge is -2.21. The van der Waals surface area contributed by atoms with Crippen molar-refractivity contribution in [3.8, 4) is 11.3 Å². The second-order valence-electron chi connectivity index (χ2n) is 6.34. The van der Waals surface area contributed by atoms with Crippen LogP contribution in [0.25, 0.3) is 11.3 Å². The zero-order chi connectivity index (χ0) is 17.6. The van der Waals surface area contributed by atoms with Gasteiger partial charge in [0.1, 0.15) is 5.82 Å². The molecule has 3 nitrogen and oxygen atoms in total. The standard InChI is InChI=1S/C20H24FN3S/c1-3-13-22-20-24(23-16-11-9-15(4-2)10-12-16)19(14-25-20)17-7-5-6-8-18(17)21/h3,5-8,14-15H,1,4,9-13H2,2H3. The van der Waals surface area contributed by atoms with E-state index in [4.69, 9.17) is 5.10 Å². The minimum absolute atomic E-state index is 0.237. The van der Waals surface area contributed by atoms with Gasteiger partial charge >= 0.3 is 0 Å². The van der Waals surface area contributed by atoms with Gasteiger partial charge in [0.05, 0.1) is 12.2 Å². The van der Waals surface area contributed by atoms with E-state index < -0.39 is 0 Å². The van der Waals surface area contributed by atoms with Crippen LogP contribution in [0.2, 0.25) is 0 Å². The van der Waals surface area contributed by atoms with Gasteiger partial charge in [-0.25, -0.2) is 9.07 Å². The van der Waals surface area contributed by atoms with Crippen LogP contribution in [0, 0.1) is 11.7 Å². The molecule has 0 N–H and O–H groups in total. The van der Waals surface area contributed by atoms with Crippen molar-refractivity contribution in [1.82, 2.24) is 4.68 Å². The number of hydrogen-bond acceptors (Lipinski definition) is 3. The van der Waals surface area contributed by atoms with Gasteiger partial charge in [0.2, 0.25) is 4.80 Å². The number of nitrogens with zero attached hydrogens (tertiary/aromatic N) is 3. The number of aromatic nitrogens is 1. The summed E-state index contributed by atoms with van der Waals surface area (Å²) in [5, 5.41) is 6.80. The van der Waals surface area contributed by atoms with Gasteiger partial charge in [0.15, 0.2) is 0 Å². The lowest BCUT2D eigenvalue weighted by molar-refractivity contribution is 0.428. The van der Waals surface area contributed by atoms with E-state index in [9.17, 15) is 4.39 Å². The minimum atomic E-state index is -0.237. The molecule has 0 saturated heterocycles. The van der Waals surface area contributed by atoms with Crippen molar-refractivity contribution in [2.45, 2.75) is 39.0 Å². The van der Waals surface area contributed by atoms with Crippen molar-refractivity contribution in [3.05, 3.63) is 52.9 Å². The van der Waals surface area contributed by atoms with E-state index in [1.54, 1.807) is 18.2 Å². The maximum absolute atomic E-state index is 14.3. The van der Waals surface area contributed by atoms with E-state index in [-0.39, 0.29) is 5.82 Å². The molecule has 3 rings (SSSR count). The molecule has 0 amide bonds. The van der Waals surface area contributed by atoms with Crippen LogP contribution in [0.5, 0.6) is 0 Å². The Hall–Kier alpha value is -2.01. The fraction of sp³-hybridized carbons (Fsp3) is 0.400. The molecule has 0 spiro atoms. The van der Waals surface area contributed by atoms with Crippen LogP contribution in [0.15, 0.2) is 52.4 Å². The van der Waals surface area contributed by atoms with Crippen LogP contribution in [0.3, 0.4) is 0 Å². The molecule has 0 aliphatic heterocycles. The molecule has 2 aromatic rings. The minimum Gasteiger partial charge on any atom is -0.253 e. The summed E-state index contributed by atoms with van der Waals surface area (Å²) in [7, 11) is 0. The van der Waals surface area contributed by atoms with E-state index in [0.717, 1.165) is 29.3 Å². The SMILES string of the molecule is C=CCN=c1scc(-c2ccccc2F)n1N=C1CCC(CC)CC1. The number of benzene rings is 1. The Labute approximate surface area is 152 Å². The van der Waals surface area contributed by atoms with Gasteiger partial charge in [-0.3, -0.25) is 4.99 Å². The average Bonchev–Trinajstić information content (AvgIpc) is 3.03. The van der Waals surface area contributed by atoms with Crippen LogP contribution >= 0.6 is 11.3 Å². The van der Waals surface area contributed by atoms with Gasteiger partial charge < -0.3 is 0 Å².